The number of rotatable bonds is 7. The summed E-state index contributed by atoms with van der Waals surface area (Å²) in [5.74, 6) is 1.33. The lowest BCUT2D eigenvalue weighted by atomic mass is 10.0. The molecule has 128 valence electrons. The highest BCUT2D eigenvalue weighted by molar-refractivity contribution is 14.1. The molecule has 0 fully saturated rings. The molecule has 2 rings (SSSR count). The second-order valence-corrected chi connectivity index (χ2v) is 6.64. The number of halogens is 2. The second-order valence-electron chi connectivity index (χ2n) is 5.04. The van der Waals surface area contributed by atoms with Crippen molar-refractivity contribution in [3.63, 3.8) is 0 Å². The Morgan fingerprint density at radius 1 is 1.28 bits per heavy atom. The van der Waals surface area contributed by atoms with Gasteiger partial charge >= 0.3 is 0 Å². The summed E-state index contributed by atoms with van der Waals surface area (Å²) in [6, 6.07) is 13.3. The van der Waals surface area contributed by atoms with Crippen molar-refractivity contribution in [3.8, 4) is 17.6 Å². The molecule has 0 bridgehead atoms. The van der Waals surface area contributed by atoms with Gasteiger partial charge in [0.25, 0.3) is 0 Å². The van der Waals surface area contributed by atoms with E-state index >= 15 is 0 Å². The van der Waals surface area contributed by atoms with Crippen molar-refractivity contribution in [2.24, 2.45) is 0 Å². The lowest BCUT2D eigenvalue weighted by molar-refractivity contribution is 0.295. The van der Waals surface area contributed by atoms with Crippen molar-refractivity contribution in [2.75, 3.05) is 13.2 Å². The molecule has 2 aromatic rings. The third-order valence-electron chi connectivity index (χ3n) is 3.26. The average molecular weight is 466 g/mol. The molecule has 0 radical (unpaired) electrons. The fraction of sp³-hybridized carbons (Fsp3) is 0.150. The fourth-order valence-electron chi connectivity index (χ4n) is 2.19. The van der Waals surface area contributed by atoms with Crippen LogP contribution in [0.2, 0.25) is 5.02 Å². The van der Waals surface area contributed by atoms with Crippen molar-refractivity contribution < 1.29 is 9.47 Å². The van der Waals surface area contributed by atoms with Crippen molar-refractivity contribution in [1.29, 1.82) is 5.26 Å². The van der Waals surface area contributed by atoms with Gasteiger partial charge < -0.3 is 9.47 Å². The maximum absolute atomic E-state index is 9.50. The van der Waals surface area contributed by atoms with Crippen LogP contribution in [0.4, 0.5) is 0 Å². The van der Waals surface area contributed by atoms with E-state index in [1.54, 1.807) is 18.2 Å². The number of hydrogen-bond donors (Lipinski definition) is 0. The van der Waals surface area contributed by atoms with Gasteiger partial charge in [-0.15, -0.1) is 0 Å². The quantitative estimate of drug-likeness (QED) is 0.219. The normalized spacial score (nSPS) is 10.9. The van der Waals surface area contributed by atoms with Crippen LogP contribution in [0.5, 0.6) is 11.5 Å². The Balaban J connectivity index is 2.45. The summed E-state index contributed by atoms with van der Waals surface area (Å²) in [4.78, 5) is 0. The van der Waals surface area contributed by atoms with Gasteiger partial charge in [0.05, 0.1) is 21.8 Å². The van der Waals surface area contributed by atoms with Gasteiger partial charge in [0.15, 0.2) is 11.5 Å². The van der Waals surface area contributed by atoms with Crippen LogP contribution in [0.25, 0.3) is 11.6 Å². The van der Waals surface area contributed by atoms with Gasteiger partial charge in [-0.25, -0.2) is 0 Å². The first-order valence-corrected chi connectivity index (χ1v) is 9.12. The molecule has 0 aliphatic heterocycles. The number of nitriles is 1. The molecule has 0 unspecified atom stereocenters. The van der Waals surface area contributed by atoms with E-state index in [1.165, 1.54) is 0 Å². The molecule has 0 N–H and O–H groups in total. The summed E-state index contributed by atoms with van der Waals surface area (Å²) in [6.45, 7) is 6.51. The molecule has 2 aromatic carbocycles. The van der Waals surface area contributed by atoms with E-state index in [9.17, 15) is 5.26 Å². The molecule has 0 saturated carbocycles. The second kappa shape index (κ2) is 9.50. The number of nitrogens with zero attached hydrogens (tertiary/aromatic N) is 1. The van der Waals surface area contributed by atoms with E-state index in [4.69, 9.17) is 21.1 Å². The summed E-state index contributed by atoms with van der Waals surface area (Å²) in [5, 5.41) is 10.1. The number of hydrogen-bond acceptors (Lipinski definition) is 3. The maximum atomic E-state index is 9.50. The fourth-order valence-corrected chi connectivity index (χ4v) is 3.10. The number of ether oxygens (including phenoxy) is 2. The van der Waals surface area contributed by atoms with Gasteiger partial charge in [-0.2, -0.15) is 5.26 Å². The van der Waals surface area contributed by atoms with Crippen molar-refractivity contribution in [2.45, 2.75) is 6.92 Å². The summed E-state index contributed by atoms with van der Waals surface area (Å²) in [5.41, 5.74) is 2.23. The first-order chi connectivity index (χ1) is 12.1. The average Bonchev–Trinajstić information content (AvgIpc) is 2.60. The van der Waals surface area contributed by atoms with Crippen LogP contribution < -0.4 is 9.47 Å². The van der Waals surface area contributed by atoms with Gasteiger partial charge in [-0.1, -0.05) is 36.4 Å². The standard InChI is InChI=1S/C20H17ClINO2/c1-3-9-25-20-18(22)11-14(12-19(20)24-4-2)10-16(13-23)15-5-7-17(21)8-6-15/h3,5-8,10-12H,1,4,9H2,2H3/b16-10+. The smallest absolute Gasteiger partial charge is 0.174 e. The molecule has 25 heavy (non-hydrogen) atoms. The summed E-state index contributed by atoms with van der Waals surface area (Å²) < 4.78 is 12.3. The highest BCUT2D eigenvalue weighted by Crippen LogP contribution is 2.35. The Morgan fingerprint density at radius 3 is 2.60 bits per heavy atom. The molecule has 0 heterocycles. The van der Waals surface area contributed by atoms with Crippen LogP contribution in [0.3, 0.4) is 0 Å². The van der Waals surface area contributed by atoms with E-state index in [0.717, 1.165) is 14.7 Å². The Morgan fingerprint density at radius 2 is 2.00 bits per heavy atom. The largest absolute Gasteiger partial charge is 0.490 e. The van der Waals surface area contributed by atoms with E-state index in [2.05, 4.69) is 35.2 Å². The zero-order valence-electron chi connectivity index (χ0n) is 13.8. The lowest BCUT2D eigenvalue weighted by Gasteiger charge is -2.14. The Hall–Kier alpha value is -1.97. The van der Waals surface area contributed by atoms with Crippen LogP contribution in [0, 0.1) is 14.9 Å². The summed E-state index contributed by atoms with van der Waals surface area (Å²) >= 11 is 8.11. The first kappa shape index (κ1) is 19.4. The number of benzene rings is 2. The van der Waals surface area contributed by atoms with Crippen LogP contribution in [-0.4, -0.2) is 13.2 Å². The SMILES string of the molecule is C=CCOc1c(I)cc(/C=C(\C#N)c2ccc(Cl)cc2)cc1OCC. The summed E-state index contributed by atoms with van der Waals surface area (Å²) in [7, 11) is 0. The van der Waals surface area contributed by atoms with Gasteiger partial charge in [0.2, 0.25) is 0 Å². The molecule has 0 saturated heterocycles. The van der Waals surface area contributed by atoms with Crippen LogP contribution in [0.1, 0.15) is 18.1 Å². The zero-order chi connectivity index (χ0) is 18.2. The van der Waals surface area contributed by atoms with Gasteiger partial charge in [0.1, 0.15) is 6.61 Å². The van der Waals surface area contributed by atoms with Gasteiger partial charge in [-0.3, -0.25) is 0 Å². The summed E-state index contributed by atoms with van der Waals surface area (Å²) in [6.07, 6.45) is 3.51. The molecule has 3 nitrogen and oxygen atoms in total. The predicted molar refractivity (Wildman–Crippen MR) is 111 cm³/mol. The Kier molecular flexibility index (Phi) is 7.35. The minimum absolute atomic E-state index is 0.402. The van der Waals surface area contributed by atoms with Crippen LogP contribution in [0.15, 0.2) is 49.1 Å². The Bertz CT molecular complexity index is 823. The zero-order valence-corrected chi connectivity index (χ0v) is 16.7. The molecule has 0 atom stereocenters. The number of allylic oxidation sites excluding steroid dienone is 1. The minimum atomic E-state index is 0.402. The monoisotopic (exact) mass is 465 g/mol. The first-order valence-electron chi connectivity index (χ1n) is 7.66. The molecule has 5 heteroatoms. The minimum Gasteiger partial charge on any atom is -0.490 e. The Labute approximate surface area is 166 Å². The van der Waals surface area contributed by atoms with E-state index in [1.807, 2.05) is 37.3 Å². The highest BCUT2D eigenvalue weighted by atomic mass is 127. The lowest BCUT2D eigenvalue weighted by Crippen LogP contribution is -2.01. The van der Waals surface area contributed by atoms with Crippen LogP contribution in [-0.2, 0) is 0 Å². The van der Waals surface area contributed by atoms with Gasteiger partial charge in [0, 0.05) is 5.02 Å². The molecule has 0 aliphatic rings. The van der Waals surface area contributed by atoms with E-state index < -0.39 is 0 Å². The molecule has 0 spiro atoms. The van der Waals surface area contributed by atoms with E-state index in [-0.39, 0.29) is 0 Å². The maximum Gasteiger partial charge on any atom is 0.174 e. The molecule has 0 amide bonds. The van der Waals surface area contributed by atoms with Crippen molar-refractivity contribution >= 4 is 45.8 Å². The van der Waals surface area contributed by atoms with Crippen molar-refractivity contribution in [3.05, 3.63) is 68.8 Å². The van der Waals surface area contributed by atoms with Crippen LogP contribution >= 0.6 is 34.2 Å². The van der Waals surface area contributed by atoms with Crippen molar-refractivity contribution in [1.82, 2.24) is 0 Å². The topological polar surface area (TPSA) is 42.2 Å². The highest BCUT2D eigenvalue weighted by Gasteiger charge is 2.12. The van der Waals surface area contributed by atoms with E-state index in [0.29, 0.717) is 35.3 Å². The molecular weight excluding hydrogens is 449 g/mol. The molecule has 0 aliphatic carbocycles. The molecule has 0 aromatic heterocycles. The molecular formula is C20H17ClINO2. The third-order valence-corrected chi connectivity index (χ3v) is 4.32. The predicted octanol–water partition coefficient (Wildman–Crippen LogP) is 5.97. The third kappa shape index (κ3) is 5.25. The van der Waals surface area contributed by atoms with Gasteiger partial charge in [-0.05, 0) is 71.0 Å².